The van der Waals surface area contributed by atoms with Crippen molar-refractivity contribution >= 4 is 39.0 Å². The van der Waals surface area contributed by atoms with Gasteiger partial charge in [-0.05, 0) is 36.6 Å². The summed E-state index contributed by atoms with van der Waals surface area (Å²) in [7, 11) is 0. The van der Waals surface area contributed by atoms with Crippen LogP contribution in [-0.4, -0.2) is 16.9 Å². The molecule has 0 aliphatic rings. The first-order valence-electron chi connectivity index (χ1n) is 5.69. The Labute approximate surface area is 121 Å². The van der Waals surface area contributed by atoms with Gasteiger partial charge in [-0.25, -0.2) is 0 Å². The molecule has 98 valence electrons. The number of thiocarbonyl (C=S) groups is 1. The molecule has 18 heavy (non-hydrogen) atoms. The van der Waals surface area contributed by atoms with Crippen molar-refractivity contribution in [2.24, 2.45) is 11.7 Å². The van der Waals surface area contributed by atoms with E-state index in [1.807, 2.05) is 32.9 Å². The zero-order valence-electron chi connectivity index (χ0n) is 10.7. The fourth-order valence-corrected chi connectivity index (χ4v) is 2.15. The van der Waals surface area contributed by atoms with Crippen molar-refractivity contribution in [1.82, 2.24) is 5.32 Å². The van der Waals surface area contributed by atoms with Crippen LogP contribution >= 0.6 is 28.1 Å². The number of carbonyl (C=O) groups is 1. The third-order valence-electron chi connectivity index (χ3n) is 2.68. The summed E-state index contributed by atoms with van der Waals surface area (Å²) in [6, 6.07) is 5.17. The Hall–Kier alpha value is -0.940. The van der Waals surface area contributed by atoms with Crippen molar-refractivity contribution in [3.05, 3.63) is 33.8 Å². The third kappa shape index (κ3) is 3.78. The summed E-state index contributed by atoms with van der Waals surface area (Å²) in [4.78, 5) is 12.4. The van der Waals surface area contributed by atoms with Crippen LogP contribution in [0.25, 0.3) is 0 Å². The van der Waals surface area contributed by atoms with E-state index >= 15 is 0 Å². The maximum Gasteiger partial charge on any atom is 0.251 e. The molecule has 0 aliphatic heterocycles. The number of amides is 1. The highest BCUT2D eigenvalue weighted by atomic mass is 79.9. The van der Waals surface area contributed by atoms with Gasteiger partial charge >= 0.3 is 0 Å². The fraction of sp³-hybridized carbons (Fsp3) is 0.385. The summed E-state index contributed by atoms with van der Waals surface area (Å²) in [6.45, 7) is 5.88. The summed E-state index contributed by atoms with van der Waals surface area (Å²) >= 11 is 8.37. The van der Waals surface area contributed by atoms with Gasteiger partial charge in [0.05, 0.1) is 11.0 Å². The summed E-state index contributed by atoms with van der Waals surface area (Å²) in [5.74, 6) is 0.0140. The molecule has 0 bridgehead atoms. The van der Waals surface area contributed by atoms with E-state index < -0.39 is 0 Å². The molecular formula is C13H17BrN2OS. The van der Waals surface area contributed by atoms with E-state index in [0.717, 1.165) is 10.0 Å². The molecule has 3 nitrogen and oxygen atoms in total. The number of halogens is 1. The molecule has 1 rings (SSSR count). The Morgan fingerprint density at radius 1 is 1.44 bits per heavy atom. The van der Waals surface area contributed by atoms with Crippen molar-refractivity contribution < 1.29 is 4.79 Å². The molecule has 1 atom stereocenters. The Balaban J connectivity index is 2.87. The van der Waals surface area contributed by atoms with E-state index in [9.17, 15) is 4.79 Å². The first kappa shape index (κ1) is 15.1. The predicted molar refractivity (Wildman–Crippen MR) is 81.8 cm³/mol. The SMILES string of the molecule is Cc1cc(C(=O)NC(C(N)=S)C(C)C)ccc1Br. The van der Waals surface area contributed by atoms with Gasteiger partial charge in [0.2, 0.25) is 0 Å². The van der Waals surface area contributed by atoms with E-state index in [1.54, 1.807) is 6.07 Å². The second-order valence-electron chi connectivity index (χ2n) is 4.56. The van der Waals surface area contributed by atoms with Crippen molar-refractivity contribution in [3.63, 3.8) is 0 Å². The minimum atomic E-state index is -0.281. The number of nitrogens with one attached hydrogen (secondary N) is 1. The van der Waals surface area contributed by atoms with E-state index in [4.69, 9.17) is 18.0 Å². The van der Waals surface area contributed by atoms with Crippen LogP contribution in [0.15, 0.2) is 22.7 Å². The fourth-order valence-electron chi connectivity index (χ4n) is 1.58. The third-order valence-corrected chi connectivity index (χ3v) is 3.82. The van der Waals surface area contributed by atoms with Crippen molar-refractivity contribution in [1.29, 1.82) is 0 Å². The molecule has 0 spiro atoms. The van der Waals surface area contributed by atoms with Gasteiger partial charge in [0.25, 0.3) is 5.91 Å². The molecule has 1 unspecified atom stereocenters. The van der Waals surface area contributed by atoms with Crippen molar-refractivity contribution in [2.45, 2.75) is 26.8 Å². The molecule has 0 fully saturated rings. The van der Waals surface area contributed by atoms with Gasteiger partial charge in [-0.15, -0.1) is 0 Å². The molecule has 3 N–H and O–H groups in total. The van der Waals surface area contributed by atoms with Crippen LogP contribution in [0, 0.1) is 12.8 Å². The molecule has 0 aromatic heterocycles. The van der Waals surface area contributed by atoms with E-state index in [2.05, 4.69) is 21.2 Å². The summed E-state index contributed by atoms with van der Waals surface area (Å²) < 4.78 is 0.980. The van der Waals surface area contributed by atoms with Gasteiger partial charge in [-0.2, -0.15) is 0 Å². The summed E-state index contributed by atoms with van der Waals surface area (Å²) in [6.07, 6.45) is 0. The lowest BCUT2D eigenvalue weighted by Gasteiger charge is -2.21. The molecule has 1 aromatic carbocycles. The lowest BCUT2D eigenvalue weighted by molar-refractivity contribution is 0.0940. The number of hydrogen-bond donors (Lipinski definition) is 2. The lowest BCUT2D eigenvalue weighted by Crippen LogP contribution is -2.46. The molecule has 0 heterocycles. The molecule has 5 heteroatoms. The average Bonchev–Trinajstić information content (AvgIpc) is 2.28. The topological polar surface area (TPSA) is 55.1 Å². The number of rotatable bonds is 4. The van der Waals surface area contributed by atoms with Gasteiger partial charge in [0.1, 0.15) is 0 Å². The standard InChI is InChI=1S/C13H17BrN2OS/c1-7(2)11(12(15)18)16-13(17)9-4-5-10(14)8(3)6-9/h4-7,11H,1-3H3,(H2,15,18)(H,16,17). The van der Waals surface area contributed by atoms with Crippen LogP contribution in [-0.2, 0) is 0 Å². The predicted octanol–water partition coefficient (Wildman–Crippen LogP) is 2.80. The van der Waals surface area contributed by atoms with Gasteiger partial charge < -0.3 is 11.1 Å². The van der Waals surface area contributed by atoms with Gasteiger partial charge in [0.15, 0.2) is 0 Å². The van der Waals surface area contributed by atoms with Crippen LogP contribution in [0.1, 0.15) is 29.8 Å². The van der Waals surface area contributed by atoms with Crippen LogP contribution in [0.5, 0.6) is 0 Å². The van der Waals surface area contributed by atoms with Crippen molar-refractivity contribution in [2.75, 3.05) is 0 Å². The Bertz CT molecular complexity index is 474. The lowest BCUT2D eigenvalue weighted by atomic mass is 10.0. The largest absolute Gasteiger partial charge is 0.392 e. The molecular weight excluding hydrogens is 312 g/mol. The maximum atomic E-state index is 12.1. The second-order valence-corrected chi connectivity index (χ2v) is 5.89. The first-order chi connectivity index (χ1) is 8.32. The van der Waals surface area contributed by atoms with E-state index in [-0.39, 0.29) is 17.9 Å². The Morgan fingerprint density at radius 3 is 2.50 bits per heavy atom. The summed E-state index contributed by atoms with van der Waals surface area (Å²) in [5, 5.41) is 2.86. The number of aryl methyl sites for hydroxylation is 1. The number of benzene rings is 1. The van der Waals surface area contributed by atoms with Crippen LogP contribution < -0.4 is 11.1 Å². The van der Waals surface area contributed by atoms with Gasteiger partial charge in [-0.1, -0.05) is 42.0 Å². The molecule has 1 aromatic rings. The molecule has 0 aliphatic carbocycles. The second kappa shape index (κ2) is 6.29. The van der Waals surface area contributed by atoms with Crippen LogP contribution in [0.2, 0.25) is 0 Å². The Morgan fingerprint density at radius 2 is 2.06 bits per heavy atom. The maximum absolute atomic E-state index is 12.1. The molecule has 0 radical (unpaired) electrons. The number of carbonyl (C=O) groups excluding carboxylic acids is 1. The average molecular weight is 329 g/mol. The van der Waals surface area contributed by atoms with Gasteiger partial charge in [0, 0.05) is 10.0 Å². The van der Waals surface area contributed by atoms with Crippen LogP contribution in [0.3, 0.4) is 0 Å². The van der Waals surface area contributed by atoms with E-state index in [0.29, 0.717) is 10.6 Å². The highest BCUT2D eigenvalue weighted by Crippen LogP contribution is 2.17. The minimum Gasteiger partial charge on any atom is -0.392 e. The zero-order chi connectivity index (χ0) is 13.9. The highest BCUT2D eigenvalue weighted by Gasteiger charge is 2.19. The normalized spacial score (nSPS) is 12.3. The number of hydrogen-bond acceptors (Lipinski definition) is 2. The monoisotopic (exact) mass is 328 g/mol. The zero-order valence-corrected chi connectivity index (χ0v) is 13.1. The highest BCUT2D eigenvalue weighted by molar-refractivity contribution is 9.10. The van der Waals surface area contributed by atoms with Crippen molar-refractivity contribution in [3.8, 4) is 0 Å². The summed E-state index contributed by atoms with van der Waals surface area (Å²) in [5.41, 5.74) is 7.25. The smallest absolute Gasteiger partial charge is 0.251 e. The first-order valence-corrected chi connectivity index (χ1v) is 6.89. The molecule has 0 saturated heterocycles. The minimum absolute atomic E-state index is 0.155. The quantitative estimate of drug-likeness (QED) is 0.835. The molecule has 0 saturated carbocycles. The number of nitrogens with two attached hydrogens (primary N) is 1. The Kier molecular flexibility index (Phi) is 5.28. The van der Waals surface area contributed by atoms with E-state index in [1.165, 1.54) is 0 Å². The van der Waals surface area contributed by atoms with Gasteiger partial charge in [-0.3, -0.25) is 4.79 Å². The van der Waals surface area contributed by atoms with Crippen LogP contribution in [0.4, 0.5) is 0 Å². The molecule has 1 amide bonds.